The Bertz CT molecular complexity index is 682. The molecule has 1 aliphatic carbocycles. The Labute approximate surface area is 135 Å². The molecule has 0 bridgehead atoms. The number of aromatic nitrogens is 3. The number of nitrogen functional groups attached to an aromatic ring is 1. The number of pyridine rings is 1. The molecule has 0 aromatic carbocycles. The molecule has 8 heteroatoms. The molecule has 2 aromatic heterocycles. The molecule has 110 valence electrons. The van der Waals surface area contributed by atoms with E-state index in [9.17, 15) is 0 Å². The second kappa shape index (κ2) is 6.33. The van der Waals surface area contributed by atoms with Gasteiger partial charge in [-0.2, -0.15) is 0 Å². The van der Waals surface area contributed by atoms with E-state index in [1.807, 2.05) is 12.3 Å². The summed E-state index contributed by atoms with van der Waals surface area (Å²) in [7, 11) is 0. The topological polar surface area (TPSA) is 88.5 Å². The summed E-state index contributed by atoms with van der Waals surface area (Å²) in [6, 6.07) is 2.03. The van der Waals surface area contributed by atoms with Crippen LogP contribution in [-0.2, 0) is 12.8 Å². The SMILES string of the molecule is CSc1nnc(Sc2nc3c(cc2C(=N)N)CCCC3)s1. The lowest BCUT2D eigenvalue weighted by atomic mass is 9.95. The van der Waals surface area contributed by atoms with E-state index in [4.69, 9.17) is 16.1 Å². The molecule has 21 heavy (non-hydrogen) atoms. The van der Waals surface area contributed by atoms with Crippen LogP contribution in [-0.4, -0.2) is 27.3 Å². The first kappa shape index (κ1) is 14.8. The van der Waals surface area contributed by atoms with Crippen LogP contribution >= 0.6 is 34.9 Å². The Kier molecular flexibility index (Phi) is 4.46. The van der Waals surface area contributed by atoms with E-state index in [2.05, 4.69) is 10.2 Å². The van der Waals surface area contributed by atoms with Gasteiger partial charge in [-0.1, -0.05) is 23.1 Å². The molecule has 0 aliphatic heterocycles. The first-order valence-corrected chi connectivity index (χ1v) is 9.45. The summed E-state index contributed by atoms with van der Waals surface area (Å²) in [6.45, 7) is 0. The van der Waals surface area contributed by atoms with Crippen molar-refractivity contribution in [1.29, 1.82) is 5.41 Å². The fourth-order valence-corrected chi connectivity index (χ4v) is 4.77. The zero-order valence-electron chi connectivity index (χ0n) is 11.5. The minimum absolute atomic E-state index is 0.0629. The van der Waals surface area contributed by atoms with Gasteiger partial charge in [-0.3, -0.25) is 5.41 Å². The van der Waals surface area contributed by atoms with E-state index in [0.717, 1.165) is 32.2 Å². The van der Waals surface area contributed by atoms with E-state index in [1.54, 1.807) is 11.8 Å². The van der Waals surface area contributed by atoms with Crippen LogP contribution in [0, 0.1) is 5.41 Å². The zero-order valence-corrected chi connectivity index (χ0v) is 14.0. The number of thioether (sulfide) groups is 1. The number of fused-ring (bicyclic) bond motifs is 1. The standard InChI is InChI=1S/C13H15N5S3/c1-19-12-17-18-13(21-12)20-11-8(10(14)15)6-7-4-2-3-5-9(7)16-11/h6H,2-5H2,1H3,(H3,14,15). The number of hydrogen-bond acceptors (Lipinski definition) is 7. The lowest BCUT2D eigenvalue weighted by molar-refractivity contribution is 0.660. The highest BCUT2D eigenvalue weighted by Gasteiger charge is 2.18. The van der Waals surface area contributed by atoms with E-state index >= 15 is 0 Å². The molecule has 0 saturated heterocycles. The maximum Gasteiger partial charge on any atom is 0.181 e. The minimum Gasteiger partial charge on any atom is -0.384 e. The molecule has 0 radical (unpaired) electrons. The van der Waals surface area contributed by atoms with Crippen molar-refractivity contribution < 1.29 is 0 Å². The largest absolute Gasteiger partial charge is 0.384 e. The molecule has 0 amide bonds. The summed E-state index contributed by atoms with van der Waals surface area (Å²) in [5, 5.41) is 16.8. The summed E-state index contributed by atoms with van der Waals surface area (Å²) in [6.07, 6.45) is 6.38. The Hall–Kier alpha value is -1.12. The van der Waals surface area contributed by atoms with Crippen LogP contribution in [0.25, 0.3) is 0 Å². The zero-order chi connectivity index (χ0) is 14.8. The van der Waals surface area contributed by atoms with Gasteiger partial charge in [0.1, 0.15) is 10.9 Å². The summed E-state index contributed by atoms with van der Waals surface area (Å²) < 4.78 is 1.77. The average molecular weight is 337 g/mol. The molecule has 0 spiro atoms. The maximum atomic E-state index is 7.79. The predicted octanol–water partition coefficient (Wildman–Crippen LogP) is 2.97. The van der Waals surface area contributed by atoms with Crippen LogP contribution in [0.5, 0.6) is 0 Å². The number of amidine groups is 1. The summed E-state index contributed by atoms with van der Waals surface area (Å²) >= 11 is 4.57. The maximum absolute atomic E-state index is 7.79. The summed E-state index contributed by atoms with van der Waals surface area (Å²) in [5.74, 6) is 0.0629. The van der Waals surface area contributed by atoms with Crippen LogP contribution in [0.3, 0.4) is 0 Å². The van der Waals surface area contributed by atoms with Gasteiger partial charge < -0.3 is 5.73 Å². The monoisotopic (exact) mass is 337 g/mol. The normalized spacial score (nSPS) is 14.0. The molecule has 3 N–H and O–H groups in total. The number of nitrogens with zero attached hydrogens (tertiary/aromatic N) is 3. The van der Waals surface area contributed by atoms with Crippen LogP contribution in [0.15, 0.2) is 19.8 Å². The Morgan fingerprint density at radius 1 is 1.29 bits per heavy atom. The molecule has 0 atom stereocenters. The average Bonchev–Trinajstić information content (AvgIpc) is 2.94. The van der Waals surface area contributed by atoms with E-state index in [1.165, 1.54) is 41.5 Å². The molecule has 0 fully saturated rings. The Morgan fingerprint density at radius 3 is 2.76 bits per heavy atom. The van der Waals surface area contributed by atoms with Crippen molar-refractivity contribution in [2.75, 3.05) is 6.26 Å². The highest BCUT2D eigenvalue weighted by Crippen LogP contribution is 2.35. The Morgan fingerprint density at radius 2 is 2.05 bits per heavy atom. The van der Waals surface area contributed by atoms with Gasteiger partial charge in [0.05, 0.1) is 0 Å². The van der Waals surface area contributed by atoms with E-state index < -0.39 is 0 Å². The van der Waals surface area contributed by atoms with Gasteiger partial charge in [0.25, 0.3) is 0 Å². The highest BCUT2D eigenvalue weighted by atomic mass is 32.2. The fraction of sp³-hybridized carbons (Fsp3) is 0.385. The van der Waals surface area contributed by atoms with Crippen LogP contribution in [0.2, 0.25) is 0 Å². The Balaban J connectivity index is 1.97. The number of aryl methyl sites for hydroxylation is 2. The molecule has 1 aliphatic rings. The van der Waals surface area contributed by atoms with Gasteiger partial charge in [0, 0.05) is 11.3 Å². The van der Waals surface area contributed by atoms with Crippen molar-refractivity contribution in [3.63, 3.8) is 0 Å². The predicted molar refractivity (Wildman–Crippen MR) is 87.7 cm³/mol. The van der Waals surface area contributed by atoms with Crippen molar-refractivity contribution in [1.82, 2.24) is 15.2 Å². The number of nitrogens with two attached hydrogens (primary N) is 1. The third-order valence-electron chi connectivity index (χ3n) is 3.30. The molecule has 3 rings (SSSR count). The van der Waals surface area contributed by atoms with Gasteiger partial charge in [-0.15, -0.1) is 10.2 Å². The minimum atomic E-state index is 0.0629. The number of rotatable bonds is 4. The lowest BCUT2D eigenvalue weighted by Crippen LogP contribution is -2.16. The van der Waals surface area contributed by atoms with E-state index in [0.29, 0.717) is 5.56 Å². The quantitative estimate of drug-likeness (QED) is 0.506. The molecule has 2 aromatic rings. The third-order valence-corrected chi connectivity index (χ3v) is 6.26. The van der Waals surface area contributed by atoms with Gasteiger partial charge in [0.2, 0.25) is 0 Å². The first-order valence-electron chi connectivity index (χ1n) is 6.60. The van der Waals surface area contributed by atoms with Crippen molar-refractivity contribution in [3.8, 4) is 0 Å². The molecule has 2 heterocycles. The molecular formula is C13H15N5S3. The van der Waals surface area contributed by atoms with Gasteiger partial charge >= 0.3 is 0 Å². The number of nitrogens with one attached hydrogen (secondary N) is 1. The van der Waals surface area contributed by atoms with Gasteiger partial charge in [-0.25, -0.2) is 4.98 Å². The number of hydrogen-bond donors (Lipinski definition) is 2. The fourth-order valence-electron chi connectivity index (χ4n) is 2.29. The van der Waals surface area contributed by atoms with Crippen LogP contribution < -0.4 is 5.73 Å². The van der Waals surface area contributed by atoms with Crippen molar-refractivity contribution >= 4 is 40.7 Å². The molecular weight excluding hydrogens is 322 g/mol. The van der Waals surface area contributed by atoms with Gasteiger partial charge in [0.15, 0.2) is 8.68 Å². The summed E-state index contributed by atoms with van der Waals surface area (Å²) in [5.41, 5.74) is 8.81. The van der Waals surface area contributed by atoms with Crippen molar-refractivity contribution in [3.05, 3.63) is 22.9 Å². The molecule has 0 unspecified atom stereocenters. The third kappa shape index (κ3) is 3.22. The smallest absolute Gasteiger partial charge is 0.181 e. The second-order valence-corrected chi connectivity index (χ2v) is 7.97. The summed E-state index contributed by atoms with van der Waals surface area (Å²) in [4.78, 5) is 4.74. The first-order chi connectivity index (χ1) is 10.2. The van der Waals surface area contributed by atoms with Crippen LogP contribution in [0.4, 0.5) is 0 Å². The van der Waals surface area contributed by atoms with Crippen LogP contribution in [0.1, 0.15) is 29.7 Å². The molecule has 0 saturated carbocycles. The van der Waals surface area contributed by atoms with Gasteiger partial charge in [-0.05, 0) is 55.3 Å². The van der Waals surface area contributed by atoms with Crippen molar-refractivity contribution in [2.24, 2.45) is 5.73 Å². The second-order valence-electron chi connectivity index (χ2n) is 4.71. The lowest BCUT2D eigenvalue weighted by Gasteiger charge is -2.17. The van der Waals surface area contributed by atoms with E-state index in [-0.39, 0.29) is 5.84 Å². The highest BCUT2D eigenvalue weighted by molar-refractivity contribution is 8.03. The van der Waals surface area contributed by atoms with Crippen molar-refractivity contribution in [2.45, 2.75) is 39.4 Å². The molecule has 5 nitrogen and oxygen atoms in total.